The number of carbonyl (C=O) groups excluding carboxylic acids is 1. The molecule has 0 aromatic rings. The smallest absolute Gasteiger partial charge is 0.229 e. The molecule has 0 bridgehead atoms. The molecule has 1 aliphatic carbocycles. The lowest BCUT2D eigenvalue weighted by atomic mass is 9.80. The number of nitrogens with one attached hydrogen (secondary N) is 4. The predicted octanol–water partition coefficient (Wildman–Crippen LogP) is 1.37. The molecule has 3 aliphatic rings. The van der Waals surface area contributed by atoms with Crippen molar-refractivity contribution in [2.45, 2.75) is 68.9 Å². The van der Waals surface area contributed by atoms with Gasteiger partial charge in [-0.1, -0.05) is 12.8 Å². The zero-order chi connectivity index (χ0) is 19.9. The van der Waals surface area contributed by atoms with E-state index in [2.05, 4.69) is 21.3 Å². The van der Waals surface area contributed by atoms with Crippen molar-refractivity contribution < 1.29 is 14.3 Å². The zero-order valence-corrected chi connectivity index (χ0v) is 18.0. The minimum absolute atomic E-state index is 0.0000592. The van der Waals surface area contributed by atoms with Gasteiger partial charge in [-0.3, -0.25) is 20.7 Å². The highest BCUT2D eigenvalue weighted by Gasteiger charge is 2.36. The van der Waals surface area contributed by atoms with Crippen LogP contribution in [0.3, 0.4) is 0 Å². The first kappa shape index (κ1) is 22.2. The van der Waals surface area contributed by atoms with Gasteiger partial charge in [0, 0.05) is 26.1 Å². The molecule has 4 N–H and O–H groups in total. The third-order valence-electron chi connectivity index (χ3n) is 6.46. The fourth-order valence-electron chi connectivity index (χ4n) is 4.92. The second-order valence-electron chi connectivity index (χ2n) is 8.62. The molecule has 0 radical (unpaired) electrons. The highest BCUT2D eigenvalue weighted by atomic mass is 35.5. The summed E-state index contributed by atoms with van der Waals surface area (Å²) < 4.78 is 10.7. The van der Waals surface area contributed by atoms with Gasteiger partial charge in [-0.05, 0) is 50.5 Å². The molecule has 3 fully saturated rings. The Morgan fingerprint density at radius 1 is 1.11 bits per heavy atom. The molecule has 0 aromatic carbocycles. The molecular weight excluding hydrogens is 380 g/mol. The molecule has 0 spiro atoms. The van der Waals surface area contributed by atoms with Gasteiger partial charge in [0.25, 0.3) is 0 Å². The van der Waals surface area contributed by atoms with Crippen LogP contribution in [0.4, 0.5) is 0 Å². The summed E-state index contributed by atoms with van der Waals surface area (Å²) >= 11 is 6.34. The first-order chi connectivity index (χ1) is 13.6. The van der Waals surface area contributed by atoms with E-state index in [1.807, 2.05) is 0 Å². The van der Waals surface area contributed by atoms with E-state index in [1.54, 1.807) is 14.2 Å². The lowest BCUT2D eigenvalue weighted by Crippen LogP contribution is -2.64. The Morgan fingerprint density at radius 3 is 2.64 bits per heavy atom. The minimum Gasteiger partial charge on any atom is -0.382 e. The van der Waals surface area contributed by atoms with Crippen molar-refractivity contribution in [3.05, 3.63) is 0 Å². The van der Waals surface area contributed by atoms with Crippen LogP contribution in [0.15, 0.2) is 0 Å². The number of hydrogen-bond donors (Lipinski definition) is 4. The van der Waals surface area contributed by atoms with E-state index in [0.29, 0.717) is 24.4 Å². The fourth-order valence-corrected chi connectivity index (χ4v) is 5.32. The monoisotopic (exact) mass is 416 g/mol. The summed E-state index contributed by atoms with van der Waals surface area (Å²) in [6.07, 6.45) is 8.07. The largest absolute Gasteiger partial charge is 0.382 e. The summed E-state index contributed by atoms with van der Waals surface area (Å²) in [4.78, 5) is 12.8. The Balaban J connectivity index is 1.39. The fraction of sp³-hybridized carbons (Fsp3) is 0.950. The van der Waals surface area contributed by atoms with E-state index >= 15 is 0 Å². The Hall–Kier alpha value is -0.440. The number of hydrogen-bond acceptors (Lipinski definition) is 6. The van der Waals surface area contributed by atoms with E-state index in [4.69, 9.17) is 21.1 Å². The van der Waals surface area contributed by atoms with Crippen LogP contribution >= 0.6 is 11.6 Å². The van der Waals surface area contributed by atoms with Crippen LogP contribution < -0.4 is 21.3 Å². The van der Waals surface area contributed by atoms with Crippen LogP contribution in [-0.2, 0) is 14.3 Å². The molecule has 28 heavy (non-hydrogen) atoms. The molecule has 2 heterocycles. The van der Waals surface area contributed by atoms with Crippen LogP contribution in [0.5, 0.6) is 0 Å². The quantitative estimate of drug-likeness (QED) is 0.469. The van der Waals surface area contributed by atoms with Gasteiger partial charge < -0.3 is 14.8 Å². The molecule has 1 saturated carbocycles. The Kier molecular flexibility index (Phi) is 8.81. The van der Waals surface area contributed by atoms with Crippen molar-refractivity contribution in [1.82, 2.24) is 21.3 Å². The normalized spacial score (nSPS) is 39.5. The average Bonchev–Trinajstić information content (AvgIpc) is 2.69. The van der Waals surface area contributed by atoms with Crippen molar-refractivity contribution in [3.8, 4) is 0 Å². The number of amides is 1. The maximum atomic E-state index is 12.8. The predicted molar refractivity (Wildman–Crippen MR) is 110 cm³/mol. The number of ether oxygens (including phenoxy) is 2. The zero-order valence-electron chi connectivity index (χ0n) is 17.2. The molecule has 8 heteroatoms. The molecule has 7 unspecified atom stereocenters. The number of rotatable bonds is 7. The second kappa shape index (κ2) is 11.1. The van der Waals surface area contributed by atoms with Crippen LogP contribution in [0.2, 0.25) is 0 Å². The van der Waals surface area contributed by atoms with Gasteiger partial charge in [-0.15, -0.1) is 11.6 Å². The number of halogens is 1. The van der Waals surface area contributed by atoms with Crippen molar-refractivity contribution >= 4 is 17.5 Å². The molecule has 3 rings (SSSR count). The lowest BCUT2D eigenvalue weighted by Gasteiger charge is -2.38. The van der Waals surface area contributed by atoms with Gasteiger partial charge >= 0.3 is 0 Å². The van der Waals surface area contributed by atoms with Gasteiger partial charge in [-0.2, -0.15) is 0 Å². The molecule has 2 aliphatic heterocycles. The highest BCUT2D eigenvalue weighted by molar-refractivity contribution is 6.20. The van der Waals surface area contributed by atoms with Crippen molar-refractivity contribution in [2.75, 3.05) is 33.9 Å². The Labute approximate surface area is 174 Å². The standard InChI is InChI=1S/C20H37ClN4O3/c1-27-12-18-23-11-16(20(25-18)28-2)19(26)24-17-7-6-14(10-22-17)8-13-4-3-5-15(21)9-13/h13-18,20,22-23,25H,3-12H2,1-2H3,(H,24,26). The van der Waals surface area contributed by atoms with Crippen LogP contribution in [0.25, 0.3) is 0 Å². The molecule has 162 valence electrons. The molecular formula is C20H37ClN4O3. The molecule has 0 aromatic heterocycles. The average molecular weight is 417 g/mol. The van der Waals surface area contributed by atoms with E-state index in [9.17, 15) is 4.79 Å². The van der Waals surface area contributed by atoms with Gasteiger partial charge in [0.05, 0.1) is 24.9 Å². The van der Waals surface area contributed by atoms with Gasteiger partial charge in [0.15, 0.2) is 0 Å². The summed E-state index contributed by atoms with van der Waals surface area (Å²) in [6.45, 7) is 2.08. The number of alkyl halides is 1. The third-order valence-corrected chi connectivity index (χ3v) is 6.85. The molecule has 1 amide bonds. The van der Waals surface area contributed by atoms with Crippen LogP contribution in [-0.4, -0.2) is 63.8 Å². The van der Waals surface area contributed by atoms with Crippen molar-refractivity contribution in [3.63, 3.8) is 0 Å². The summed E-state index contributed by atoms with van der Waals surface area (Å²) in [7, 11) is 3.29. The van der Waals surface area contributed by atoms with Crippen LogP contribution in [0, 0.1) is 17.8 Å². The van der Waals surface area contributed by atoms with Gasteiger partial charge in [-0.25, -0.2) is 0 Å². The number of methoxy groups -OCH3 is 2. The van der Waals surface area contributed by atoms with Crippen LogP contribution in [0.1, 0.15) is 44.9 Å². The highest BCUT2D eigenvalue weighted by Crippen LogP contribution is 2.33. The maximum Gasteiger partial charge on any atom is 0.229 e. The van der Waals surface area contributed by atoms with Gasteiger partial charge in [0.2, 0.25) is 5.91 Å². The first-order valence-corrected chi connectivity index (χ1v) is 11.2. The van der Waals surface area contributed by atoms with Crippen molar-refractivity contribution in [2.24, 2.45) is 17.8 Å². The number of carbonyl (C=O) groups is 1. The minimum atomic E-state index is -0.312. The molecule has 7 atom stereocenters. The topological polar surface area (TPSA) is 83.7 Å². The number of piperidine rings is 1. The first-order valence-electron chi connectivity index (χ1n) is 10.8. The lowest BCUT2D eigenvalue weighted by molar-refractivity contribution is -0.134. The Bertz CT molecular complexity index is 490. The third kappa shape index (κ3) is 6.28. The molecule has 2 saturated heterocycles. The summed E-state index contributed by atoms with van der Waals surface area (Å²) in [6, 6.07) is 0. The van der Waals surface area contributed by atoms with E-state index < -0.39 is 0 Å². The van der Waals surface area contributed by atoms with E-state index in [0.717, 1.165) is 25.3 Å². The van der Waals surface area contributed by atoms with E-state index in [1.165, 1.54) is 32.1 Å². The molecule has 7 nitrogen and oxygen atoms in total. The second-order valence-corrected chi connectivity index (χ2v) is 9.24. The van der Waals surface area contributed by atoms with Crippen molar-refractivity contribution in [1.29, 1.82) is 0 Å². The van der Waals surface area contributed by atoms with E-state index in [-0.39, 0.29) is 30.4 Å². The maximum absolute atomic E-state index is 12.8. The summed E-state index contributed by atoms with van der Waals surface area (Å²) in [5, 5.41) is 13.7. The summed E-state index contributed by atoms with van der Waals surface area (Å²) in [5.74, 6) is 1.23. The Morgan fingerprint density at radius 2 is 1.96 bits per heavy atom. The SMILES string of the molecule is COCC1NCC(C(=O)NC2CCC(CC3CCCC(Cl)C3)CN2)C(OC)N1. The summed E-state index contributed by atoms with van der Waals surface area (Å²) in [5.41, 5.74) is 0. The van der Waals surface area contributed by atoms with Gasteiger partial charge in [0.1, 0.15) is 6.23 Å².